The van der Waals surface area contributed by atoms with Gasteiger partial charge in [-0.25, -0.2) is 13.2 Å². The molecule has 1 aliphatic rings. The van der Waals surface area contributed by atoms with Crippen molar-refractivity contribution in [2.75, 3.05) is 20.2 Å². The molecule has 1 aliphatic heterocycles. The second-order valence-electron chi connectivity index (χ2n) is 4.76. The van der Waals surface area contributed by atoms with E-state index in [1.54, 1.807) is 17.8 Å². The highest BCUT2D eigenvalue weighted by molar-refractivity contribution is 7.89. The summed E-state index contributed by atoms with van der Waals surface area (Å²) in [5.41, 5.74) is 0. The van der Waals surface area contributed by atoms with Gasteiger partial charge in [0.1, 0.15) is 9.77 Å². The van der Waals surface area contributed by atoms with Crippen LogP contribution in [-0.4, -0.2) is 53.9 Å². The number of aromatic nitrogens is 3. The predicted molar refractivity (Wildman–Crippen MR) is 78.1 cm³/mol. The third-order valence-corrected chi connectivity index (χ3v) is 6.44. The van der Waals surface area contributed by atoms with Crippen molar-refractivity contribution in [3.8, 4) is 0 Å². The van der Waals surface area contributed by atoms with E-state index in [0.29, 0.717) is 13.0 Å². The van der Waals surface area contributed by atoms with Gasteiger partial charge in [0.2, 0.25) is 10.0 Å². The van der Waals surface area contributed by atoms with Crippen molar-refractivity contribution in [1.82, 2.24) is 19.3 Å². The van der Waals surface area contributed by atoms with Gasteiger partial charge in [0.25, 0.3) is 0 Å². The van der Waals surface area contributed by atoms with Crippen LogP contribution in [0.1, 0.15) is 22.1 Å². The first-order chi connectivity index (χ1) is 10.5. The molecule has 22 heavy (non-hydrogen) atoms. The van der Waals surface area contributed by atoms with Crippen LogP contribution in [0.25, 0.3) is 0 Å². The fourth-order valence-electron chi connectivity index (χ4n) is 2.41. The second-order valence-corrected chi connectivity index (χ2v) is 7.58. The van der Waals surface area contributed by atoms with Crippen molar-refractivity contribution < 1.29 is 17.9 Å². The number of methoxy groups -OCH3 is 1. The Bertz CT molecular complexity index is 769. The number of thiophene rings is 1. The molecule has 0 aromatic carbocycles. The molecular weight excluding hydrogens is 328 g/mol. The molecule has 3 rings (SSSR count). The molecule has 0 N–H and O–H groups in total. The Morgan fingerprint density at radius 1 is 1.41 bits per heavy atom. The maximum Gasteiger partial charge on any atom is 0.349 e. The zero-order chi connectivity index (χ0) is 15.7. The molecule has 10 heteroatoms. The molecule has 0 amide bonds. The minimum Gasteiger partial charge on any atom is -0.465 e. The molecule has 1 fully saturated rings. The van der Waals surface area contributed by atoms with E-state index in [1.165, 1.54) is 22.3 Å². The smallest absolute Gasteiger partial charge is 0.349 e. The number of hydrogen-bond acceptors (Lipinski definition) is 7. The van der Waals surface area contributed by atoms with Crippen molar-refractivity contribution in [3.63, 3.8) is 0 Å². The van der Waals surface area contributed by atoms with E-state index in [0.717, 1.165) is 11.3 Å². The minimum atomic E-state index is -3.73. The van der Waals surface area contributed by atoms with Crippen molar-refractivity contribution in [2.45, 2.75) is 17.4 Å². The number of carbonyl (C=O) groups excluding carboxylic acids is 1. The Morgan fingerprint density at radius 2 is 2.14 bits per heavy atom. The van der Waals surface area contributed by atoms with Gasteiger partial charge in [-0.05, 0) is 17.9 Å². The average molecular weight is 342 g/mol. The fourth-order valence-corrected chi connectivity index (χ4v) is 5.21. The molecule has 1 saturated heterocycles. The van der Waals surface area contributed by atoms with Crippen LogP contribution in [0, 0.1) is 0 Å². The molecule has 2 aromatic rings. The van der Waals surface area contributed by atoms with Crippen LogP contribution < -0.4 is 0 Å². The van der Waals surface area contributed by atoms with E-state index in [1.807, 2.05) is 0 Å². The Hall–Kier alpha value is -1.78. The van der Waals surface area contributed by atoms with Crippen LogP contribution in [0.4, 0.5) is 0 Å². The first-order valence-corrected chi connectivity index (χ1v) is 8.87. The van der Waals surface area contributed by atoms with Gasteiger partial charge < -0.3 is 4.74 Å². The Labute approximate surface area is 131 Å². The molecule has 0 saturated carbocycles. The summed E-state index contributed by atoms with van der Waals surface area (Å²) in [6.45, 7) is 0.651. The molecule has 0 unspecified atom stereocenters. The SMILES string of the molecule is COC(=O)c1sccc1S(=O)(=O)N1CC[C@H](n2nccn2)C1. The number of sulfonamides is 1. The van der Waals surface area contributed by atoms with Crippen LogP contribution in [-0.2, 0) is 14.8 Å². The lowest BCUT2D eigenvalue weighted by atomic mass is 10.3. The molecule has 2 aromatic heterocycles. The van der Waals surface area contributed by atoms with Gasteiger partial charge in [-0.3, -0.25) is 0 Å². The average Bonchev–Trinajstić information content (AvgIpc) is 3.25. The van der Waals surface area contributed by atoms with Crippen LogP contribution in [0.5, 0.6) is 0 Å². The highest BCUT2D eigenvalue weighted by Gasteiger charge is 2.36. The molecule has 0 spiro atoms. The van der Waals surface area contributed by atoms with Gasteiger partial charge in [-0.2, -0.15) is 19.3 Å². The summed E-state index contributed by atoms with van der Waals surface area (Å²) in [6.07, 6.45) is 3.75. The van der Waals surface area contributed by atoms with E-state index in [4.69, 9.17) is 0 Å². The number of carbonyl (C=O) groups is 1. The summed E-state index contributed by atoms with van der Waals surface area (Å²) < 4.78 is 31.4. The first-order valence-electron chi connectivity index (χ1n) is 6.56. The summed E-state index contributed by atoms with van der Waals surface area (Å²) in [4.78, 5) is 13.3. The second kappa shape index (κ2) is 5.78. The van der Waals surface area contributed by atoms with E-state index >= 15 is 0 Å². The van der Waals surface area contributed by atoms with Crippen LogP contribution in [0.2, 0.25) is 0 Å². The molecular formula is C12H14N4O4S2. The number of hydrogen-bond donors (Lipinski definition) is 0. The fraction of sp³-hybridized carbons (Fsp3) is 0.417. The van der Waals surface area contributed by atoms with Crippen LogP contribution >= 0.6 is 11.3 Å². The maximum atomic E-state index is 12.7. The van der Waals surface area contributed by atoms with Gasteiger partial charge in [-0.1, -0.05) is 0 Å². The Kier molecular flexibility index (Phi) is 3.98. The van der Waals surface area contributed by atoms with E-state index in [9.17, 15) is 13.2 Å². The monoisotopic (exact) mass is 342 g/mol. The van der Waals surface area contributed by atoms with Crippen LogP contribution in [0.15, 0.2) is 28.7 Å². The summed E-state index contributed by atoms with van der Waals surface area (Å²) in [7, 11) is -2.50. The third-order valence-electron chi connectivity index (χ3n) is 3.51. The molecule has 0 aliphatic carbocycles. The number of nitrogens with zero attached hydrogens (tertiary/aromatic N) is 4. The Balaban J connectivity index is 1.86. The van der Waals surface area contributed by atoms with Crippen molar-refractivity contribution in [3.05, 3.63) is 28.7 Å². The van der Waals surface area contributed by atoms with Gasteiger partial charge in [-0.15, -0.1) is 11.3 Å². The summed E-state index contributed by atoms with van der Waals surface area (Å²) >= 11 is 1.06. The highest BCUT2D eigenvalue weighted by Crippen LogP contribution is 2.30. The number of rotatable bonds is 4. The van der Waals surface area contributed by atoms with E-state index in [-0.39, 0.29) is 22.4 Å². The standard InChI is InChI=1S/C12H14N4O4S2/c1-20-12(17)11-10(3-7-21-11)22(18,19)15-6-2-9(8-15)16-13-4-5-14-16/h3-5,7,9H,2,6,8H2,1H3/t9-/m0/s1. The van der Waals surface area contributed by atoms with Gasteiger partial charge in [0.15, 0.2) is 0 Å². The quantitative estimate of drug-likeness (QED) is 0.762. The predicted octanol–water partition coefficient (Wildman–Crippen LogP) is 0.762. The highest BCUT2D eigenvalue weighted by atomic mass is 32.2. The summed E-state index contributed by atoms with van der Waals surface area (Å²) in [5.74, 6) is -0.641. The van der Waals surface area contributed by atoms with Gasteiger partial charge in [0.05, 0.1) is 25.5 Å². The normalized spacial score (nSPS) is 19.4. The van der Waals surface area contributed by atoms with Gasteiger partial charge >= 0.3 is 5.97 Å². The molecule has 0 radical (unpaired) electrons. The number of ether oxygens (including phenoxy) is 1. The zero-order valence-corrected chi connectivity index (χ0v) is 13.4. The maximum absolute atomic E-state index is 12.7. The Morgan fingerprint density at radius 3 is 2.82 bits per heavy atom. The van der Waals surface area contributed by atoms with Crippen molar-refractivity contribution in [1.29, 1.82) is 0 Å². The summed E-state index contributed by atoms with van der Waals surface area (Å²) in [6, 6.07) is 1.34. The first kappa shape index (κ1) is 15.1. The number of esters is 1. The summed E-state index contributed by atoms with van der Waals surface area (Å²) in [5, 5.41) is 9.67. The largest absolute Gasteiger partial charge is 0.465 e. The minimum absolute atomic E-state index is 0.00146. The molecule has 1 atom stereocenters. The molecule has 3 heterocycles. The molecule has 8 nitrogen and oxygen atoms in total. The van der Waals surface area contributed by atoms with Crippen molar-refractivity contribution >= 4 is 27.3 Å². The van der Waals surface area contributed by atoms with Gasteiger partial charge in [0, 0.05) is 13.1 Å². The van der Waals surface area contributed by atoms with E-state index < -0.39 is 16.0 Å². The third kappa shape index (κ3) is 2.53. The lowest BCUT2D eigenvalue weighted by molar-refractivity contribution is 0.0602. The van der Waals surface area contributed by atoms with E-state index in [2.05, 4.69) is 14.9 Å². The topological polar surface area (TPSA) is 94.4 Å². The molecule has 118 valence electrons. The lowest BCUT2D eigenvalue weighted by Crippen LogP contribution is -2.30. The zero-order valence-electron chi connectivity index (χ0n) is 11.7. The van der Waals surface area contributed by atoms with Crippen LogP contribution in [0.3, 0.4) is 0 Å². The lowest BCUT2D eigenvalue weighted by Gasteiger charge is -2.16. The van der Waals surface area contributed by atoms with Crippen molar-refractivity contribution in [2.24, 2.45) is 0 Å². The molecule has 0 bridgehead atoms.